The van der Waals surface area contributed by atoms with Crippen molar-refractivity contribution < 1.29 is 0 Å². The highest BCUT2D eigenvalue weighted by atomic mass is 14.9. The van der Waals surface area contributed by atoms with E-state index in [1.165, 1.54) is 76.8 Å². The topological polar surface area (TPSA) is 25.8 Å². The van der Waals surface area contributed by atoms with Gasteiger partial charge in [-0.3, -0.25) is 0 Å². The van der Waals surface area contributed by atoms with Gasteiger partial charge in [0, 0.05) is 22.1 Å². The SMILES string of the molecule is CC1(C)c2ccccc2-c2c(-c3cccc(-c4cc(-c5ccccc5)nc(-c5ccc(-c6c7ccccc7cc7ccc8ccccc8c67)cc5)n4)c3)cccc21. The predicted octanol–water partition coefficient (Wildman–Crippen LogP) is 14.6. The van der Waals surface area contributed by atoms with Gasteiger partial charge in [-0.05, 0) is 95.0 Å². The van der Waals surface area contributed by atoms with Gasteiger partial charge in [0.15, 0.2) is 5.82 Å². The first kappa shape index (κ1) is 33.2. The Labute approximate surface area is 332 Å². The lowest BCUT2D eigenvalue weighted by molar-refractivity contribution is 0.660. The molecule has 9 aromatic carbocycles. The van der Waals surface area contributed by atoms with Crippen LogP contribution < -0.4 is 0 Å². The highest BCUT2D eigenvalue weighted by molar-refractivity contribution is 6.22. The van der Waals surface area contributed by atoms with Gasteiger partial charge in [0.2, 0.25) is 0 Å². The lowest BCUT2D eigenvalue weighted by atomic mass is 9.82. The highest BCUT2D eigenvalue weighted by Gasteiger charge is 2.36. The van der Waals surface area contributed by atoms with Gasteiger partial charge in [0.25, 0.3) is 0 Å². The quantitative estimate of drug-likeness (QED) is 0.130. The van der Waals surface area contributed by atoms with Crippen LogP contribution in [0.15, 0.2) is 194 Å². The molecule has 0 atom stereocenters. The first-order chi connectivity index (χ1) is 28.0. The molecule has 0 amide bonds. The molecule has 11 rings (SSSR count). The van der Waals surface area contributed by atoms with Crippen LogP contribution in [0.2, 0.25) is 0 Å². The van der Waals surface area contributed by atoms with Crippen LogP contribution in [-0.4, -0.2) is 9.97 Å². The summed E-state index contributed by atoms with van der Waals surface area (Å²) in [5.74, 6) is 0.702. The number of benzene rings is 9. The zero-order valence-corrected chi connectivity index (χ0v) is 31.9. The summed E-state index contributed by atoms with van der Waals surface area (Å²) in [5, 5.41) is 7.50. The second-order valence-corrected chi connectivity index (χ2v) is 15.7. The molecule has 0 bridgehead atoms. The van der Waals surface area contributed by atoms with E-state index in [-0.39, 0.29) is 5.41 Å². The number of hydrogen-bond acceptors (Lipinski definition) is 2. The Hall–Kier alpha value is -7.16. The number of rotatable bonds is 5. The second-order valence-electron chi connectivity index (χ2n) is 15.7. The van der Waals surface area contributed by atoms with E-state index in [4.69, 9.17) is 9.97 Å². The summed E-state index contributed by atoms with van der Waals surface area (Å²) < 4.78 is 0. The minimum absolute atomic E-state index is 0.0598. The second kappa shape index (κ2) is 13.0. The summed E-state index contributed by atoms with van der Waals surface area (Å²) in [6, 6.07) is 70.1. The zero-order chi connectivity index (χ0) is 38.1. The van der Waals surface area contributed by atoms with Crippen molar-refractivity contribution in [2.75, 3.05) is 0 Å². The molecule has 0 fully saturated rings. The van der Waals surface area contributed by atoms with Gasteiger partial charge in [0.1, 0.15) is 0 Å². The fraction of sp³-hybridized carbons (Fsp3) is 0.0545. The van der Waals surface area contributed by atoms with Crippen LogP contribution in [0, 0.1) is 0 Å². The molecule has 0 radical (unpaired) electrons. The minimum Gasteiger partial charge on any atom is -0.228 e. The van der Waals surface area contributed by atoms with Crippen molar-refractivity contribution in [3.8, 4) is 67.3 Å². The molecular weight excluding hydrogens is 689 g/mol. The summed E-state index contributed by atoms with van der Waals surface area (Å²) in [5.41, 5.74) is 15.1. The molecule has 0 saturated carbocycles. The summed E-state index contributed by atoms with van der Waals surface area (Å²) in [6.45, 7) is 4.67. The van der Waals surface area contributed by atoms with Crippen LogP contribution in [-0.2, 0) is 5.41 Å². The number of aromatic nitrogens is 2. The third-order valence-electron chi connectivity index (χ3n) is 12.1. The van der Waals surface area contributed by atoms with Gasteiger partial charge in [-0.25, -0.2) is 9.97 Å². The number of nitrogens with zero attached hydrogens (tertiary/aromatic N) is 2. The van der Waals surface area contributed by atoms with Crippen molar-refractivity contribution >= 4 is 32.3 Å². The Morgan fingerprint density at radius 3 is 1.79 bits per heavy atom. The van der Waals surface area contributed by atoms with Crippen LogP contribution in [0.1, 0.15) is 25.0 Å². The van der Waals surface area contributed by atoms with Gasteiger partial charge in [-0.15, -0.1) is 0 Å². The fourth-order valence-electron chi connectivity index (χ4n) is 9.25. The molecule has 10 aromatic rings. The summed E-state index contributed by atoms with van der Waals surface area (Å²) in [6.07, 6.45) is 0. The average molecular weight is 727 g/mol. The van der Waals surface area contributed by atoms with E-state index < -0.39 is 0 Å². The zero-order valence-electron chi connectivity index (χ0n) is 31.9. The molecule has 1 aromatic heterocycles. The van der Waals surface area contributed by atoms with Crippen LogP contribution in [0.3, 0.4) is 0 Å². The standard InChI is InChI=1S/C55H38N2/c1-55(2)47-24-11-10-22-46(47)53-45(23-13-25-48(53)55)40-18-12-19-41(32-40)50-34-49(36-15-4-3-5-16-36)56-54(57-50)38-29-27-37(28-30-38)51-44-21-9-7-17-39(44)33-42-31-26-35-14-6-8-20-43(35)52(42)51/h3-34H,1-2H3. The van der Waals surface area contributed by atoms with E-state index in [0.717, 1.165) is 28.1 Å². The molecule has 268 valence electrons. The third kappa shape index (κ3) is 5.40. The van der Waals surface area contributed by atoms with Crippen molar-refractivity contribution in [1.82, 2.24) is 9.97 Å². The van der Waals surface area contributed by atoms with Crippen molar-refractivity contribution in [2.24, 2.45) is 0 Å². The minimum atomic E-state index is -0.0598. The van der Waals surface area contributed by atoms with Gasteiger partial charge in [-0.2, -0.15) is 0 Å². The average Bonchev–Trinajstić information content (AvgIpc) is 3.51. The van der Waals surface area contributed by atoms with E-state index in [1.54, 1.807) is 0 Å². The van der Waals surface area contributed by atoms with Crippen molar-refractivity contribution in [1.29, 1.82) is 0 Å². The fourth-order valence-corrected chi connectivity index (χ4v) is 9.25. The highest BCUT2D eigenvalue weighted by Crippen LogP contribution is 2.52. The lowest BCUT2D eigenvalue weighted by Crippen LogP contribution is -2.14. The molecule has 2 nitrogen and oxygen atoms in total. The van der Waals surface area contributed by atoms with E-state index in [9.17, 15) is 0 Å². The summed E-state index contributed by atoms with van der Waals surface area (Å²) in [7, 11) is 0. The molecular formula is C55H38N2. The molecule has 0 saturated heterocycles. The maximum atomic E-state index is 5.30. The van der Waals surface area contributed by atoms with Crippen molar-refractivity contribution in [3.63, 3.8) is 0 Å². The third-order valence-corrected chi connectivity index (χ3v) is 12.1. The molecule has 1 aliphatic rings. The molecule has 0 N–H and O–H groups in total. The maximum absolute atomic E-state index is 5.30. The van der Waals surface area contributed by atoms with Crippen LogP contribution >= 0.6 is 0 Å². The van der Waals surface area contributed by atoms with E-state index in [1.807, 2.05) is 6.07 Å². The van der Waals surface area contributed by atoms with E-state index in [0.29, 0.717) is 5.82 Å². The Morgan fingerprint density at radius 1 is 0.351 bits per heavy atom. The Morgan fingerprint density at radius 2 is 0.947 bits per heavy atom. The largest absolute Gasteiger partial charge is 0.228 e. The van der Waals surface area contributed by atoms with Gasteiger partial charge >= 0.3 is 0 Å². The predicted molar refractivity (Wildman–Crippen MR) is 239 cm³/mol. The molecule has 57 heavy (non-hydrogen) atoms. The van der Waals surface area contributed by atoms with Crippen molar-refractivity contribution in [3.05, 3.63) is 205 Å². The molecule has 0 unspecified atom stereocenters. The van der Waals surface area contributed by atoms with Crippen LogP contribution in [0.25, 0.3) is 99.6 Å². The van der Waals surface area contributed by atoms with Gasteiger partial charge in [0.05, 0.1) is 11.4 Å². The van der Waals surface area contributed by atoms with Gasteiger partial charge in [-0.1, -0.05) is 190 Å². The first-order valence-electron chi connectivity index (χ1n) is 19.7. The molecule has 2 heteroatoms. The number of hydrogen-bond donors (Lipinski definition) is 0. The molecule has 1 heterocycles. The Kier molecular flexibility index (Phi) is 7.55. The Bertz CT molecular complexity index is 3190. The lowest BCUT2D eigenvalue weighted by Gasteiger charge is -2.21. The number of fused-ring (bicyclic) bond motifs is 7. The Balaban J connectivity index is 1.05. The van der Waals surface area contributed by atoms with E-state index >= 15 is 0 Å². The normalized spacial score (nSPS) is 12.9. The molecule has 1 aliphatic carbocycles. The van der Waals surface area contributed by atoms with Crippen LogP contribution in [0.5, 0.6) is 0 Å². The van der Waals surface area contributed by atoms with Crippen LogP contribution in [0.4, 0.5) is 0 Å². The van der Waals surface area contributed by atoms with Crippen molar-refractivity contribution in [2.45, 2.75) is 19.3 Å². The summed E-state index contributed by atoms with van der Waals surface area (Å²) in [4.78, 5) is 10.5. The van der Waals surface area contributed by atoms with Gasteiger partial charge < -0.3 is 0 Å². The molecule has 0 spiro atoms. The van der Waals surface area contributed by atoms with E-state index in [2.05, 4.69) is 202 Å². The molecule has 0 aliphatic heterocycles. The maximum Gasteiger partial charge on any atom is 0.160 e. The smallest absolute Gasteiger partial charge is 0.160 e. The monoisotopic (exact) mass is 726 g/mol. The first-order valence-corrected chi connectivity index (χ1v) is 19.7. The summed E-state index contributed by atoms with van der Waals surface area (Å²) >= 11 is 0.